The Morgan fingerprint density at radius 2 is 2.06 bits per heavy atom. The van der Waals surface area contributed by atoms with Crippen LogP contribution in [-0.2, 0) is 6.54 Å². The molecule has 0 radical (unpaired) electrons. The summed E-state index contributed by atoms with van der Waals surface area (Å²) in [5.74, 6) is 0.699. The third-order valence-electron chi connectivity index (χ3n) is 2.45. The van der Waals surface area contributed by atoms with Gasteiger partial charge >= 0.3 is 0 Å². The molecular formula is C13H13NO2S. The second-order valence-electron chi connectivity index (χ2n) is 3.76. The van der Waals surface area contributed by atoms with Gasteiger partial charge in [-0.05, 0) is 24.3 Å². The summed E-state index contributed by atoms with van der Waals surface area (Å²) in [5, 5.41) is 0. The lowest BCUT2D eigenvalue weighted by atomic mass is 10.2. The van der Waals surface area contributed by atoms with Crippen LogP contribution in [0, 0.1) is 0 Å². The molecule has 0 saturated heterocycles. The standard InChI is InChI=1S/C13H13NO2S/c1-14(9-10-5-4-8-16-10)13(15)11-6-2-3-7-12(11)17/h2-8,17H,9H2,1H3. The highest BCUT2D eigenvalue weighted by molar-refractivity contribution is 7.80. The number of thiol groups is 1. The maximum Gasteiger partial charge on any atom is 0.255 e. The number of nitrogens with zero attached hydrogens (tertiary/aromatic N) is 1. The first-order valence-corrected chi connectivity index (χ1v) is 5.69. The SMILES string of the molecule is CN(Cc1ccco1)C(=O)c1ccccc1S. The van der Waals surface area contributed by atoms with Crippen molar-refractivity contribution < 1.29 is 9.21 Å². The van der Waals surface area contributed by atoms with Crippen molar-refractivity contribution in [2.75, 3.05) is 7.05 Å². The molecular weight excluding hydrogens is 234 g/mol. The monoisotopic (exact) mass is 247 g/mol. The molecule has 1 heterocycles. The molecule has 0 unspecified atom stereocenters. The van der Waals surface area contributed by atoms with Gasteiger partial charge in [-0.25, -0.2) is 0 Å². The molecule has 0 spiro atoms. The molecule has 0 bridgehead atoms. The van der Waals surface area contributed by atoms with E-state index in [0.29, 0.717) is 17.0 Å². The van der Waals surface area contributed by atoms with Crippen molar-refractivity contribution in [2.45, 2.75) is 11.4 Å². The van der Waals surface area contributed by atoms with Gasteiger partial charge in [-0.2, -0.15) is 0 Å². The highest BCUT2D eigenvalue weighted by Gasteiger charge is 2.14. The number of benzene rings is 1. The molecule has 4 heteroatoms. The molecule has 0 saturated carbocycles. The number of carbonyl (C=O) groups is 1. The fourth-order valence-electron chi connectivity index (χ4n) is 1.57. The van der Waals surface area contributed by atoms with Crippen LogP contribution < -0.4 is 0 Å². The lowest BCUT2D eigenvalue weighted by Crippen LogP contribution is -2.26. The van der Waals surface area contributed by atoms with E-state index in [0.717, 1.165) is 5.76 Å². The Kier molecular flexibility index (Phi) is 3.54. The Labute approximate surface area is 105 Å². The largest absolute Gasteiger partial charge is 0.467 e. The van der Waals surface area contributed by atoms with Crippen molar-refractivity contribution in [3.63, 3.8) is 0 Å². The lowest BCUT2D eigenvalue weighted by Gasteiger charge is -2.16. The molecule has 88 valence electrons. The summed E-state index contributed by atoms with van der Waals surface area (Å²) in [7, 11) is 1.74. The Balaban J connectivity index is 2.13. The molecule has 0 aliphatic rings. The van der Waals surface area contributed by atoms with Crippen molar-refractivity contribution in [1.29, 1.82) is 0 Å². The average Bonchev–Trinajstić information content (AvgIpc) is 2.81. The van der Waals surface area contributed by atoms with E-state index in [2.05, 4.69) is 12.6 Å². The zero-order valence-electron chi connectivity index (χ0n) is 9.46. The van der Waals surface area contributed by atoms with Crippen molar-refractivity contribution in [3.8, 4) is 0 Å². The molecule has 0 aliphatic heterocycles. The van der Waals surface area contributed by atoms with E-state index in [1.54, 1.807) is 36.4 Å². The molecule has 0 aliphatic carbocycles. The second kappa shape index (κ2) is 5.10. The van der Waals surface area contributed by atoms with E-state index in [1.165, 1.54) is 0 Å². The van der Waals surface area contributed by atoms with Gasteiger partial charge < -0.3 is 9.32 Å². The average molecular weight is 247 g/mol. The smallest absolute Gasteiger partial charge is 0.255 e. The maximum absolute atomic E-state index is 12.1. The van der Waals surface area contributed by atoms with E-state index < -0.39 is 0 Å². The third kappa shape index (κ3) is 2.71. The number of hydrogen-bond acceptors (Lipinski definition) is 3. The molecule has 3 nitrogen and oxygen atoms in total. The topological polar surface area (TPSA) is 33.5 Å². The summed E-state index contributed by atoms with van der Waals surface area (Å²) >= 11 is 4.27. The summed E-state index contributed by atoms with van der Waals surface area (Å²) < 4.78 is 5.21. The molecule has 0 N–H and O–H groups in total. The van der Waals surface area contributed by atoms with Crippen LogP contribution in [0.15, 0.2) is 52.0 Å². The number of hydrogen-bond donors (Lipinski definition) is 1. The predicted octanol–water partition coefficient (Wildman–Crippen LogP) is 2.84. The van der Waals surface area contributed by atoms with Gasteiger partial charge in [0.05, 0.1) is 18.4 Å². The van der Waals surface area contributed by atoms with Gasteiger partial charge in [0.1, 0.15) is 5.76 Å². The lowest BCUT2D eigenvalue weighted by molar-refractivity contribution is 0.0772. The Bertz CT molecular complexity index is 508. The van der Waals surface area contributed by atoms with Crippen LogP contribution in [0.25, 0.3) is 0 Å². The van der Waals surface area contributed by atoms with Gasteiger partial charge in [0, 0.05) is 11.9 Å². The molecule has 2 rings (SSSR count). The van der Waals surface area contributed by atoms with Crippen LogP contribution in [0.5, 0.6) is 0 Å². The summed E-state index contributed by atoms with van der Waals surface area (Å²) in [6, 6.07) is 10.9. The Morgan fingerprint density at radius 3 is 2.71 bits per heavy atom. The molecule has 1 amide bonds. The Morgan fingerprint density at radius 1 is 1.29 bits per heavy atom. The van der Waals surface area contributed by atoms with Gasteiger partial charge in [-0.1, -0.05) is 12.1 Å². The van der Waals surface area contributed by atoms with Crippen molar-refractivity contribution in [2.24, 2.45) is 0 Å². The highest BCUT2D eigenvalue weighted by Crippen LogP contribution is 2.16. The van der Waals surface area contributed by atoms with Gasteiger partial charge in [0.2, 0.25) is 0 Å². The van der Waals surface area contributed by atoms with E-state index in [-0.39, 0.29) is 5.91 Å². The molecule has 0 atom stereocenters. The first kappa shape index (κ1) is 11.8. The number of carbonyl (C=O) groups excluding carboxylic acids is 1. The number of furan rings is 1. The van der Waals surface area contributed by atoms with Gasteiger partial charge in [0.25, 0.3) is 5.91 Å². The van der Waals surface area contributed by atoms with E-state index in [4.69, 9.17) is 4.42 Å². The van der Waals surface area contributed by atoms with Crippen LogP contribution in [0.4, 0.5) is 0 Å². The Hall–Kier alpha value is -1.68. The van der Waals surface area contributed by atoms with Crippen molar-refractivity contribution in [1.82, 2.24) is 4.90 Å². The third-order valence-corrected chi connectivity index (χ3v) is 2.84. The van der Waals surface area contributed by atoms with E-state index in [9.17, 15) is 4.79 Å². The maximum atomic E-state index is 12.1. The minimum absolute atomic E-state index is 0.0630. The minimum Gasteiger partial charge on any atom is -0.467 e. The molecule has 1 aromatic carbocycles. The quantitative estimate of drug-likeness (QED) is 0.846. The number of amides is 1. The fourth-order valence-corrected chi connectivity index (χ4v) is 1.82. The zero-order valence-corrected chi connectivity index (χ0v) is 10.4. The minimum atomic E-state index is -0.0630. The van der Waals surface area contributed by atoms with Crippen LogP contribution in [0.2, 0.25) is 0 Å². The molecule has 0 fully saturated rings. The summed E-state index contributed by atoms with van der Waals surface area (Å²) in [4.78, 5) is 14.4. The second-order valence-corrected chi connectivity index (χ2v) is 4.24. The highest BCUT2D eigenvalue weighted by atomic mass is 32.1. The first-order chi connectivity index (χ1) is 8.18. The fraction of sp³-hybridized carbons (Fsp3) is 0.154. The van der Waals surface area contributed by atoms with Gasteiger partial charge in [-0.3, -0.25) is 4.79 Å². The normalized spacial score (nSPS) is 10.2. The van der Waals surface area contributed by atoms with Crippen LogP contribution in [-0.4, -0.2) is 17.9 Å². The van der Waals surface area contributed by atoms with Crippen LogP contribution in [0.3, 0.4) is 0 Å². The first-order valence-electron chi connectivity index (χ1n) is 5.24. The van der Waals surface area contributed by atoms with Gasteiger partial charge in [0.15, 0.2) is 0 Å². The van der Waals surface area contributed by atoms with Crippen LogP contribution >= 0.6 is 12.6 Å². The summed E-state index contributed by atoms with van der Waals surface area (Å²) in [6.45, 7) is 0.452. The van der Waals surface area contributed by atoms with E-state index in [1.807, 2.05) is 18.2 Å². The van der Waals surface area contributed by atoms with Crippen molar-refractivity contribution >= 4 is 18.5 Å². The molecule has 17 heavy (non-hydrogen) atoms. The van der Waals surface area contributed by atoms with E-state index >= 15 is 0 Å². The van der Waals surface area contributed by atoms with Gasteiger partial charge in [-0.15, -0.1) is 12.6 Å². The predicted molar refractivity (Wildman–Crippen MR) is 68.2 cm³/mol. The summed E-state index contributed by atoms with van der Waals surface area (Å²) in [5.41, 5.74) is 0.602. The zero-order chi connectivity index (χ0) is 12.3. The molecule has 1 aromatic heterocycles. The summed E-state index contributed by atoms with van der Waals surface area (Å²) in [6.07, 6.45) is 1.60. The molecule has 2 aromatic rings. The number of rotatable bonds is 3. The van der Waals surface area contributed by atoms with Crippen LogP contribution in [0.1, 0.15) is 16.1 Å². The van der Waals surface area contributed by atoms with Crippen molar-refractivity contribution in [3.05, 3.63) is 54.0 Å².